The van der Waals surface area contributed by atoms with Gasteiger partial charge in [0, 0.05) is 13.1 Å². The van der Waals surface area contributed by atoms with Crippen molar-refractivity contribution >= 4 is 0 Å². The molecule has 0 spiro atoms. The minimum atomic E-state index is 0.232. The standard InChI is InChI=1S/C14H21NO2/c1-11-4-3-7-15(9-11)10-12-5-6-14(17-2)13(16)8-12/h5-6,8,11,16H,3-4,7,9-10H2,1-2H3. The first-order valence-electron chi connectivity index (χ1n) is 6.27. The molecule has 17 heavy (non-hydrogen) atoms. The summed E-state index contributed by atoms with van der Waals surface area (Å²) in [7, 11) is 1.57. The lowest BCUT2D eigenvalue weighted by molar-refractivity contribution is 0.176. The van der Waals surface area contributed by atoms with E-state index in [0.717, 1.165) is 31.1 Å². The topological polar surface area (TPSA) is 32.7 Å². The maximum absolute atomic E-state index is 9.73. The Morgan fingerprint density at radius 3 is 2.94 bits per heavy atom. The normalized spacial score (nSPS) is 21.4. The molecule has 1 saturated heterocycles. The number of ether oxygens (including phenoxy) is 1. The van der Waals surface area contributed by atoms with E-state index >= 15 is 0 Å². The second-order valence-corrected chi connectivity index (χ2v) is 4.99. The lowest BCUT2D eigenvalue weighted by Gasteiger charge is -2.30. The molecule has 94 valence electrons. The molecule has 0 bridgehead atoms. The number of rotatable bonds is 3. The summed E-state index contributed by atoms with van der Waals surface area (Å²) in [6, 6.07) is 5.66. The largest absolute Gasteiger partial charge is 0.504 e. The van der Waals surface area contributed by atoms with Crippen LogP contribution in [0.3, 0.4) is 0 Å². The SMILES string of the molecule is COc1ccc(CN2CCCC(C)C2)cc1O. The molecule has 0 saturated carbocycles. The van der Waals surface area contributed by atoms with E-state index in [2.05, 4.69) is 11.8 Å². The Bertz CT molecular complexity index is 378. The molecule has 0 radical (unpaired) electrons. The summed E-state index contributed by atoms with van der Waals surface area (Å²) in [5, 5.41) is 9.73. The predicted octanol–water partition coefficient (Wildman–Crippen LogP) is 2.63. The molecule has 1 unspecified atom stereocenters. The summed E-state index contributed by atoms with van der Waals surface area (Å²) in [6.07, 6.45) is 2.62. The summed E-state index contributed by atoms with van der Waals surface area (Å²) in [4.78, 5) is 2.45. The van der Waals surface area contributed by atoms with Crippen molar-refractivity contribution in [1.29, 1.82) is 0 Å². The fraction of sp³-hybridized carbons (Fsp3) is 0.571. The Hall–Kier alpha value is -1.22. The number of hydrogen-bond donors (Lipinski definition) is 1. The summed E-state index contributed by atoms with van der Waals surface area (Å²) in [5.41, 5.74) is 1.15. The van der Waals surface area contributed by atoms with Gasteiger partial charge in [-0.15, -0.1) is 0 Å². The van der Waals surface area contributed by atoms with Gasteiger partial charge in [0.25, 0.3) is 0 Å². The maximum Gasteiger partial charge on any atom is 0.160 e. The minimum Gasteiger partial charge on any atom is -0.504 e. The number of hydrogen-bond acceptors (Lipinski definition) is 3. The Labute approximate surface area is 103 Å². The van der Waals surface area contributed by atoms with Gasteiger partial charge in [-0.1, -0.05) is 13.0 Å². The smallest absolute Gasteiger partial charge is 0.160 e. The number of piperidine rings is 1. The highest BCUT2D eigenvalue weighted by atomic mass is 16.5. The van der Waals surface area contributed by atoms with Crippen LogP contribution in [0.2, 0.25) is 0 Å². The third-order valence-corrected chi connectivity index (χ3v) is 3.39. The molecule has 1 aromatic carbocycles. The molecular weight excluding hydrogens is 214 g/mol. The van der Waals surface area contributed by atoms with E-state index in [-0.39, 0.29) is 5.75 Å². The summed E-state index contributed by atoms with van der Waals surface area (Å²) in [5.74, 6) is 1.56. The Morgan fingerprint density at radius 1 is 1.47 bits per heavy atom. The molecule has 3 heteroatoms. The molecule has 3 nitrogen and oxygen atoms in total. The van der Waals surface area contributed by atoms with E-state index in [1.165, 1.54) is 12.8 Å². The van der Waals surface area contributed by atoms with Gasteiger partial charge in [0.05, 0.1) is 7.11 Å². The van der Waals surface area contributed by atoms with Crippen molar-refractivity contribution in [2.45, 2.75) is 26.3 Å². The van der Waals surface area contributed by atoms with Crippen LogP contribution in [-0.2, 0) is 6.54 Å². The van der Waals surface area contributed by atoms with Crippen LogP contribution < -0.4 is 4.74 Å². The zero-order valence-corrected chi connectivity index (χ0v) is 10.6. The highest BCUT2D eigenvalue weighted by Crippen LogP contribution is 2.27. The molecule has 1 fully saturated rings. The van der Waals surface area contributed by atoms with Crippen LogP contribution in [0.25, 0.3) is 0 Å². The molecule has 2 rings (SSSR count). The van der Waals surface area contributed by atoms with Crippen molar-refractivity contribution in [2.24, 2.45) is 5.92 Å². The van der Waals surface area contributed by atoms with Crippen LogP contribution >= 0.6 is 0 Å². The van der Waals surface area contributed by atoms with Gasteiger partial charge in [-0.2, -0.15) is 0 Å². The maximum atomic E-state index is 9.73. The van der Waals surface area contributed by atoms with Crippen molar-refractivity contribution < 1.29 is 9.84 Å². The number of likely N-dealkylation sites (tertiary alicyclic amines) is 1. The van der Waals surface area contributed by atoms with E-state index in [4.69, 9.17) is 4.74 Å². The molecule has 1 aliphatic heterocycles. The minimum absolute atomic E-state index is 0.232. The van der Waals surface area contributed by atoms with Crippen molar-refractivity contribution in [2.75, 3.05) is 20.2 Å². The molecule has 1 heterocycles. The zero-order chi connectivity index (χ0) is 12.3. The zero-order valence-electron chi connectivity index (χ0n) is 10.6. The highest BCUT2D eigenvalue weighted by Gasteiger charge is 2.16. The number of methoxy groups -OCH3 is 1. The van der Waals surface area contributed by atoms with Crippen molar-refractivity contribution in [1.82, 2.24) is 4.90 Å². The van der Waals surface area contributed by atoms with Gasteiger partial charge >= 0.3 is 0 Å². The van der Waals surface area contributed by atoms with Crippen LogP contribution in [0.15, 0.2) is 18.2 Å². The highest BCUT2D eigenvalue weighted by molar-refractivity contribution is 5.41. The third-order valence-electron chi connectivity index (χ3n) is 3.39. The second-order valence-electron chi connectivity index (χ2n) is 4.99. The predicted molar refractivity (Wildman–Crippen MR) is 68.3 cm³/mol. The van der Waals surface area contributed by atoms with E-state index in [9.17, 15) is 5.11 Å². The van der Waals surface area contributed by atoms with Gasteiger partial charge in [0.2, 0.25) is 0 Å². The number of aromatic hydroxyl groups is 1. The molecule has 0 aromatic heterocycles. The van der Waals surface area contributed by atoms with Gasteiger partial charge in [-0.25, -0.2) is 0 Å². The average molecular weight is 235 g/mol. The summed E-state index contributed by atoms with van der Waals surface area (Å²) < 4.78 is 5.04. The lowest BCUT2D eigenvalue weighted by atomic mass is 10.00. The van der Waals surface area contributed by atoms with Gasteiger partial charge in [0.1, 0.15) is 0 Å². The first kappa shape index (κ1) is 12.2. The van der Waals surface area contributed by atoms with Crippen molar-refractivity contribution in [3.63, 3.8) is 0 Å². The average Bonchev–Trinajstić information content (AvgIpc) is 2.29. The number of nitrogens with zero attached hydrogens (tertiary/aromatic N) is 1. The second kappa shape index (κ2) is 5.41. The summed E-state index contributed by atoms with van der Waals surface area (Å²) >= 11 is 0. The van der Waals surface area contributed by atoms with Crippen molar-refractivity contribution in [3.8, 4) is 11.5 Å². The molecule has 1 aliphatic rings. The van der Waals surface area contributed by atoms with E-state index in [1.807, 2.05) is 12.1 Å². The Kier molecular flexibility index (Phi) is 3.89. The Morgan fingerprint density at radius 2 is 2.29 bits per heavy atom. The molecule has 0 aliphatic carbocycles. The van der Waals surface area contributed by atoms with Crippen LogP contribution in [0.5, 0.6) is 11.5 Å². The van der Waals surface area contributed by atoms with Crippen LogP contribution in [0, 0.1) is 5.92 Å². The van der Waals surface area contributed by atoms with Gasteiger partial charge in [-0.3, -0.25) is 4.90 Å². The molecular formula is C14H21NO2. The third kappa shape index (κ3) is 3.13. The lowest BCUT2D eigenvalue weighted by Crippen LogP contribution is -2.33. The molecule has 1 atom stereocenters. The number of phenols is 1. The van der Waals surface area contributed by atoms with Crippen molar-refractivity contribution in [3.05, 3.63) is 23.8 Å². The number of benzene rings is 1. The van der Waals surface area contributed by atoms with E-state index < -0.39 is 0 Å². The quantitative estimate of drug-likeness (QED) is 0.874. The van der Waals surface area contributed by atoms with Gasteiger partial charge < -0.3 is 9.84 Å². The monoisotopic (exact) mass is 235 g/mol. The van der Waals surface area contributed by atoms with Gasteiger partial charge in [-0.05, 0) is 43.0 Å². The van der Waals surface area contributed by atoms with Crippen LogP contribution in [0.4, 0.5) is 0 Å². The Balaban J connectivity index is 2.00. The van der Waals surface area contributed by atoms with E-state index in [1.54, 1.807) is 13.2 Å². The summed E-state index contributed by atoms with van der Waals surface area (Å²) in [6.45, 7) is 5.55. The first-order chi connectivity index (χ1) is 8.19. The molecule has 1 N–H and O–H groups in total. The van der Waals surface area contributed by atoms with E-state index in [0.29, 0.717) is 5.75 Å². The first-order valence-corrected chi connectivity index (χ1v) is 6.27. The fourth-order valence-corrected chi connectivity index (χ4v) is 2.52. The molecule has 1 aromatic rings. The fourth-order valence-electron chi connectivity index (χ4n) is 2.52. The van der Waals surface area contributed by atoms with Crippen LogP contribution in [0.1, 0.15) is 25.3 Å². The number of phenolic OH excluding ortho intramolecular Hbond substituents is 1. The van der Waals surface area contributed by atoms with Crippen LogP contribution in [-0.4, -0.2) is 30.2 Å². The molecule has 0 amide bonds. The van der Waals surface area contributed by atoms with Gasteiger partial charge in [0.15, 0.2) is 11.5 Å².